The van der Waals surface area contributed by atoms with Gasteiger partial charge in [0, 0.05) is 27.2 Å². The van der Waals surface area contributed by atoms with Crippen LogP contribution in [0.1, 0.15) is 24.6 Å². The van der Waals surface area contributed by atoms with Crippen LogP contribution in [0.15, 0.2) is 64.2 Å². The monoisotopic (exact) mass is 491 g/mol. The molecule has 7 nitrogen and oxygen atoms in total. The summed E-state index contributed by atoms with van der Waals surface area (Å²) in [6.45, 7) is 5.10. The number of hydrogen-bond acceptors (Lipinski definition) is 5. The molecule has 0 saturated carbocycles. The predicted octanol–water partition coefficient (Wildman–Crippen LogP) is 5.71. The van der Waals surface area contributed by atoms with Crippen LogP contribution >= 0.6 is 23.4 Å². The number of rotatable bonds is 6. The summed E-state index contributed by atoms with van der Waals surface area (Å²) in [6.07, 6.45) is 2.49. The molecule has 1 N–H and O–H groups in total. The van der Waals surface area contributed by atoms with E-state index in [2.05, 4.69) is 14.7 Å². The van der Waals surface area contributed by atoms with Gasteiger partial charge >= 0.3 is 0 Å². The topological polar surface area (TPSA) is 83.0 Å². The van der Waals surface area contributed by atoms with Crippen LogP contribution in [0, 0.1) is 12.3 Å². The second-order valence-electron chi connectivity index (χ2n) is 7.84. The maximum absolute atomic E-state index is 12.8. The number of nitrogens with zero attached hydrogens (tertiary/aromatic N) is 4. The first kappa shape index (κ1) is 22.4. The van der Waals surface area contributed by atoms with Gasteiger partial charge in [0.25, 0.3) is 5.91 Å². The fourth-order valence-electron chi connectivity index (χ4n) is 4.03. The van der Waals surface area contributed by atoms with Gasteiger partial charge in [0.05, 0.1) is 12.1 Å². The van der Waals surface area contributed by atoms with Crippen LogP contribution in [0.25, 0.3) is 17.0 Å². The number of thioether (sulfide) groups is 1. The number of benzene rings is 2. The van der Waals surface area contributed by atoms with Crippen molar-refractivity contribution in [3.05, 3.63) is 70.4 Å². The molecule has 0 aliphatic carbocycles. The van der Waals surface area contributed by atoms with Crippen LogP contribution in [0.5, 0.6) is 5.75 Å². The molecule has 172 valence electrons. The van der Waals surface area contributed by atoms with E-state index in [4.69, 9.17) is 21.7 Å². The maximum Gasteiger partial charge on any atom is 0.283 e. The van der Waals surface area contributed by atoms with E-state index in [1.165, 1.54) is 16.8 Å². The van der Waals surface area contributed by atoms with Crippen molar-refractivity contribution >= 4 is 62.3 Å². The number of fused-ring (bicyclic) bond motifs is 2. The minimum absolute atomic E-state index is 0.0493. The van der Waals surface area contributed by atoms with Crippen molar-refractivity contribution in [3.8, 4) is 5.75 Å². The van der Waals surface area contributed by atoms with Crippen molar-refractivity contribution in [2.45, 2.75) is 26.8 Å². The summed E-state index contributed by atoms with van der Waals surface area (Å²) in [7, 11) is 0. The van der Waals surface area contributed by atoms with Crippen LogP contribution in [0.4, 0.5) is 0 Å². The van der Waals surface area contributed by atoms with E-state index in [-0.39, 0.29) is 11.4 Å². The summed E-state index contributed by atoms with van der Waals surface area (Å²) in [5, 5.41) is 17.5. The number of nitrogens with one attached hydrogen (secondary N) is 1. The molecule has 0 spiro atoms. The highest BCUT2D eigenvalue weighted by molar-refractivity contribution is 8.26. The lowest BCUT2D eigenvalue weighted by Crippen LogP contribution is -2.35. The SMILES string of the molecule is CCC1=NN2C(=N)/C(=C/c3c(C)n(CCOc4ccc(Cl)cc4)c4ccccc34)C(=O)N=C2S1. The summed E-state index contributed by atoms with van der Waals surface area (Å²) in [4.78, 5) is 17.0. The smallest absolute Gasteiger partial charge is 0.283 e. The van der Waals surface area contributed by atoms with Crippen LogP contribution in [0.2, 0.25) is 5.02 Å². The van der Waals surface area contributed by atoms with E-state index in [9.17, 15) is 4.79 Å². The summed E-state index contributed by atoms with van der Waals surface area (Å²) in [5.74, 6) is 0.387. The van der Waals surface area contributed by atoms with Gasteiger partial charge in [-0.2, -0.15) is 15.1 Å². The molecule has 0 unspecified atom stereocenters. The Morgan fingerprint density at radius 3 is 2.71 bits per heavy atom. The van der Waals surface area contributed by atoms with Gasteiger partial charge in [-0.15, -0.1) is 0 Å². The molecular formula is C25H22ClN5O2S. The third-order valence-corrected chi connectivity index (χ3v) is 7.07. The van der Waals surface area contributed by atoms with Crippen LogP contribution in [-0.2, 0) is 11.3 Å². The number of para-hydroxylation sites is 1. The van der Waals surface area contributed by atoms with E-state index >= 15 is 0 Å². The minimum atomic E-state index is -0.418. The van der Waals surface area contributed by atoms with Crippen LogP contribution < -0.4 is 4.74 Å². The average Bonchev–Trinajstić information content (AvgIpc) is 3.37. The molecule has 3 heterocycles. The molecule has 0 radical (unpaired) electrons. The minimum Gasteiger partial charge on any atom is -0.492 e. The number of ether oxygens (including phenoxy) is 1. The summed E-state index contributed by atoms with van der Waals surface area (Å²) < 4.78 is 8.07. The zero-order valence-electron chi connectivity index (χ0n) is 18.7. The Kier molecular flexibility index (Phi) is 6.02. The highest BCUT2D eigenvalue weighted by atomic mass is 35.5. The van der Waals surface area contributed by atoms with Crippen LogP contribution in [0.3, 0.4) is 0 Å². The zero-order chi connectivity index (χ0) is 23.8. The van der Waals surface area contributed by atoms with E-state index in [1.807, 2.05) is 50.2 Å². The number of halogens is 1. The van der Waals surface area contributed by atoms with Gasteiger partial charge < -0.3 is 9.30 Å². The van der Waals surface area contributed by atoms with Crippen molar-refractivity contribution < 1.29 is 9.53 Å². The molecule has 34 heavy (non-hydrogen) atoms. The molecule has 0 saturated heterocycles. The Morgan fingerprint density at radius 2 is 1.94 bits per heavy atom. The summed E-state index contributed by atoms with van der Waals surface area (Å²) in [5.41, 5.74) is 3.14. The van der Waals surface area contributed by atoms with Crippen molar-refractivity contribution in [2.75, 3.05) is 6.61 Å². The number of hydrazone groups is 1. The highest BCUT2D eigenvalue weighted by Crippen LogP contribution is 2.32. The fourth-order valence-corrected chi connectivity index (χ4v) is 4.98. The number of hydrogen-bond donors (Lipinski definition) is 1. The van der Waals surface area contributed by atoms with Crippen molar-refractivity contribution in [2.24, 2.45) is 10.1 Å². The van der Waals surface area contributed by atoms with Gasteiger partial charge in [0.15, 0.2) is 5.84 Å². The second kappa shape index (κ2) is 9.12. The normalized spacial score (nSPS) is 16.8. The Morgan fingerprint density at radius 1 is 1.18 bits per heavy atom. The van der Waals surface area contributed by atoms with E-state index < -0.39 is 5.91 Å². The number of amidine groups is 2. The number of amides is 1. The maximum atomic E-state index is 12.8. The Balaban J connectivity index is 1.47. The lowest BCUT2D eigenvalue weighted by molar-refractivity contribution is -0.114. The van der Waals surface area contributed by atoms with Gasteiger partial charge in [-0.25, -0.2) is 0 Å². The first-order chi connectivity index (χ1) is 16.5. The van der Waals surface area contributed by atoms with Gasteiger partial charge in [0.2, 0.25) is 5.17 Å². The first-order valence-corrected chi connectivity index (χ1v) is 12.1. The molecule has 2 aliphatic heterocycles. The van der Waals surface area contributed by atoms with E-state index in [0.717, 1.165) is 39.4 Å². The van der Waals surface area contributed by atoms with Gasteiger partial charge in [0.1, 0.15) is 17.4 Å². The van der Waals surface area contributed by atoms with Gasteiger partial charge in [-0.05, 0) is 61.5 Å². The molecule has 2 aliphatic rings. The largest absolute Gasteiger partial charge is 0.492 e. The molecule has 0 bridgehead atoms. The number of aromatic nitrogens is 1. The third-order valence-electron chi connectivity index (χ3n) is 5.76. The Hall–Kier alpha value is -3.36. The first-order valence-electron chi connectivity index (χ1n) is 10.9. The van der Waals surface area contributed by atoms with Crippen LogP contribution in [-0.4, -0.2) is 38.1 Å². The predicted molar refractivity (Wildman–Crippen MR) is 139 cm³/mol. The van der Waals surface area contributed by atoms with Crippen molar-refractivity contribution in [3.63, 3.8) is 0 Å². The van der Waals surface area contributed by atoms with Gasteiger partial charge in [-0.3, -0.25) is 10.2 Å². The molecule has 9 heteroatoms. The molecule has 0 fully saturated rings. The summed E-state index contributed by atoms with van der Waals surface area (Å²) in [6, 6.07) is 15.3. The number of carbonyl (C=O) groups excluding carboxylic acids is 1. The Labute approximate surface area is 206 Å². The second-order valence-corrected chi connectivity index (χ2v) is 9.31. The molecule has 1 aromatic heterocycles. The number of carbonyl (C=O) groups is 1. The molecular weight excluding hydrogens is 470 g/mol. The zero-order valence-corrected chi connectivity index (χ0v) is 20.3. The molecule has 0 atom stereocenters. The van der Waals surface area contributed by atoms with Crippen molar-refractivity contribution in [1.29, 1.82) is 5.41 Å². The molecule has 3 aromatic rings. The molecule has 5 rings (SSSR count). The highest BCUT2D eigenvalue weighted by Gasteiger charge is 2.35. The Bertz CT molecular complexity index is 1400. The standard InChI is InChI=1S/C25H22ClN5O2S/c1-3-22-29-31-23(27)20(24(32)28-25(31)34-22)14-19-15(2)30(21-7-5-4-6-18(19)21)12-13-33-17-10-8-16(26)9-11-17/h4-11,14,27H,3,12-13H2,1-2H3/b20-14-,27-23?. The van der Waals surface area contributed by atoms with E-state index in [0.29, 0.717) is 23.3 Å². The lowest BCUT2D eigenvalue weighted by Gasteiger charge is -2.20. The van der Waals surface area contributed by atoms with E-state index in [1.54, 1.807) is 18.2 Å². The fraction of sp³-hybridized carbons (Fsp3) is 0.200. The van der Waals surface area contributed by atoms with Gasteiger partial charge in [-0.1, -0.05) is 36.7 Å². The lowest BCUT2D eigenvalue weighted by atomic mass is 10.1. The quantitative estimate of drug-likeness (QED) is 0.447. The average molecular weight is 492 g/mol. The number of aliphatic imine (C=N–C) groups is 1. The summed E-state index contributed by atoms with van der Waals surface area (Å²) >= 11 is 7.29. The molecule has 2 aromatic carbocycles. The third kappa shape index (κ3) is 4.03. The van der Waals surface area contributed by atoms with Crippen molar-refractivity contribution in [1.82, 2.24) is 9.58 Å². The molecule has 1 amide bonds.